The number of methoxy groups -OCH3 is 1. The van der Waals surface area contributed by atoms with Crippen molar-refractivity contribution in [3.8, 4) is 0 Å². The monoisotopic (exact) mass is 343 g/mol. The SMILES string of the molecule is COCCC1COC2(CCN(C(=O)c3nn(C)c4ccccc34)C2)C1. The summed E-state index contributed by atoms with van der Waals surface area (Å²) in [4.78, 5) is 15.0. The number of aromatic nitrogens is 2. The van der Waals surface area contributed by atoms with Crippen LogP contribution < -0.4 is 0 Å². The van der Waals surface area contributed by atoms with Gasteiger partial charge in [0.05, 0.1) is 24.3 Å². The minimum absolute atomic E-state index is 0.0117. The Morgan fingerprint density at radius 3 is 3.12 bits per heavy atom. The minimum atomic E-state index is -0.168. The van der Waals surface area contributed by atoms with E-state index in [4.69, 9.17) is 9.47 Å². The van der Waals surface area contributed by atoms with E-state index in [1.165, 1.54) is 0 Å². The van der Waals surface area contributed by atoms with Crippen molar-refractivity contribution in [2.45, 2.75) is 24.9 Å². The fourth-order valence-corrected chi connectivity index (χ4v) is 4.23. The molecule has 0 aliphatic carbocycles. The van der Waals surface area contributed by atoms with E-state index in [9.17, 15) is 4.79 Å². The average molecular weight is 343 g/mol. The van der Waals surface area contributed by atoms with Crippen molar-refractivity contribution < 1.29 is 14.3 Å². The second kappa shape index (κ2) is 6.42. The first-order valence-corrected chi connectivity index (χ1v) is 8.96. The van der Waals surface area contributed by atoms with Gasteiger partial charge in [-0.25, -0.2) is 0 Å². The Kier molecular flexibility index (Phi) is 4.25. The van der Waals surface area contributed by atoms with E-state index in [1.54, 1.807) is 11.8 Å². The molecule has 3 heterocycles. The van der Waals surface area contributed by atoms with Gasteiger partial charge in [-0.15, -0.1) is 0 Å². The predicted molar refractivity (Wildman–Crippen MR) is 94.5 cm³/mol. The van der Waals surface area contributed by atoms with Gasteiger partial charge in [0.2, 0.25) is 0 Å². The smallest absolute Gasteiger partial charge is 0.275 e. The van der Waals surface area contributed by atoms with Crippen LogP contribution in [0.4, 0.5) is 0 Å². The van der Waals surface area contributed by atoms with Crippen molar-refractivity contribution in [1.82, 2.24) is 14.7 Å². The predicted octanol–water partition coefficient (Wildman–Crippen LogP) is 2.23. The third-order valence-electron chi connectivity index (χ3n) is 5.58. The molecule has 0 saturated carbocycles. The van der Waals surface area contributed by atoms with Gasteiger partial charge in [0, 0.05) is 32.7 Å². The number of carbonyl (C=O) groups excluding carboxylic acids is 1. The normalized spacial score (nSPS) is 26.2. The molecule has 6 heteroatoms. The standard InChI is InChI=1S/C19H25N3O3/c1-21-16-6-4-3-5-15(16)17(20-21)18(23)22-9-8-19(13-22)11-14(12-25-19)7-10-24-2/h3-6,14H,7-13H2,1-2H3. The highest BCUT2D eigenvalue weighted by Gasteiger charge is 2.46. The number of ether oxygens (including phenoxy) is 2. The number of para-hydroxylation sites is 1. The van der Waals surface area contributed by atoms with E-state index in [0.29, 0.717) is 18.2 Å². The second-order valence-corrected chi connectivity index (χ2v) is 7.31. The molecule has 25 heavy (non-hydrogen) atoms. The number of hydrogen-bond acceptors (Lipinski definition) is 4. The molecule has 2 saturated heterocycles. The number of fused-ring (bicyclic) bond motifs is 1. The summed E-state index contributed by atoms with van der Waals surface area (Å²) >= 11 is 0. The summed E-state index contributed by atoms with van der Waals surface area (Å²) in [5.41, 5.74) is 1.36. The molecule has 2 aliphatic rings. The molecule has 134 valence electrons. The van der Waals surface area contributed by atoms with Gasteiger partial charge in [-0.1, -0.05) is 18.2 Å². The van der Waals surface area contributed by atoms with Crippen molar-refractivity contribution in [3.63, 3.8) is 0 Å². The van der Waals surface area contributed by atoms with Gasteiger partial charge >= 0.3 is 0 Å². The molecule has 6 nitrogen and oxygen atoms in total. The van der Waals surface area contributed by atoms with Crippen LogP contribution in [0.3, 0.4) is 0 Å². The van der Waals surface area contributed by atoms with Gasteiger partial charge in [-0.3, -0.25) is 9.48 Å². The Morgan fingerprint density at radius 1 is 1.44 bits per heavy atom. The Balaban J connectivity index is 1.49. The van der Waals surface area contributed by atoms with Gasteiger partial charge in [0.25, 0.3) is 5.91 Å². The molecule has 2 aliphatic heterocycles. The lowest BCUT2D eigenvalue weighted by Crippen LogP contribution is -2.36. The van der Waals surface area contributed by atoms with Gasteiger partial charge in [-0.05, 0) is 31.2 Å². The maximum atomic E-state index is 13.0. The van der Waals surface area contributed by atoms with Crippen LogP contribution in [-0.2, 0) is 16.5 Å². The zero-order valence-electron chi connectivity index (χ0n) is 14.9. The van der Waals surface area contributed by atoms with Gasteiger partial charge in [0.15, 0.2) is 5.69 Å². The molecule has 0 N–H and O–H groups in total. The van der Waals surface area contributed by atoms with Crippen LogP contribution in [0.5, 0.6) is 0 Å². The van der Waals surface area contributed by atoms with E-state index < -0.39 is 0 Å². The van der Waals surface area contributed by atoms with Crippen LogP contribution in [0.2, 0.25) is 0 Å². The van der Waals surface area contributed by atoms with Crippen molar-refractivity contribution in [2.24, 2.45) is 13.0 Å². The van der Waals surface area contributed by atoms with Crippen molar-refractivity contribution >= 4 is 16.8 Å². The second-order valence-electron chi connectivity index (χ2n) is 7.31. The number of aryl methyl sites for hydroxylation is 1. The fraction of sp³-hybridized carbons (Fsp3) is 0.579. The van der Waals surface area contributed by atoms with E-state index in [0.717, 1.165) is 49.9 Å². The van der Waals surface area contributed by atoms with Crippen LogP contribution in [0.1, 0.15) is 29.8 Å². The van der Waals surface area contributed by atoms with Crippen molar-refractivity contribution in [3.05, 3.63) is 30.0 Å². The summed E-state index contributed by atoms with van der Waals surface area (Å²) in [6.45, 7) is 2.95. The minimum Gasteiger partial charge on any atom is -0.385 e. The van der Waals surface area contributed by atoms with E-state index in [1.807, 2.05) is 36.2 Å². The van der Waals surface area contributed by atoms with Gasteiger partial charge in [-0.2, -0.15) is 5.10 Å². The van der Waals surface area contributed by atoms with Gasteiger partial charge in [0.1, 0.15) is 0 Å². The Bertz CT molecular complexity index is 787. The number of carbonyl (C=O) groups is 1. The van der Waals surface area contributed by atoms with Crippen LogP contribution in [-0.4, -0.2) is 59.6 Å². The molecule has 2 unspecified atom stereocenters. The fourth-order valence-electron chi connectivity index (χ4n) is 4.23. The summed E-state index contributed by atoms with van der Waals surface area (Å²) in [6.07, 6.45) is 2.95. The molecule has 4 rings (SSSR count). The summed E-state index contributed by atoms with van der Waals surface area (Å²) < 4.78 is 13.1. The number of likely N-dealkylation sites (tertiary alicyclic amines) is 1. The molecule has 1 amide bonds. The maximum Gasteiger partial charge on any atom is 0.275 e. The lowest BCUT2D eigenvalue weighted by atomic mass is 9.92. The first-order valence-electron chi connectivity index (χ1n) is 8.96. The number of nitrogens with zero attached hydrogens (tertiary/aromatic N) is 3. The molecule has 1 aromatic heterocycles. The third kappa shape index (κ3) is 2.93. The molecule has 0 radical (unpaired) electrons. The molecule has 1 aromatic carbocycles. The first kappa shape index (κ1) is 16.5. The van der Waals surface area contributed by atoms with E-state index >= 15 is 0 Å². The van der Waals surface area contributed by atoms with Gasteiger partial charge < -0.3 is 14.4 Å². The van der Waals surface area contributed by atoms with Crippen molar-refractivity contribution in [1.29, 1.82) is 0 Å². The zero-order chi connectivity index (χ0) is 17.4. The van der Waals surface area contributed by atoms with Crippen LogP contribution in [0.25, 0.3) is 10.9 Å². The average Bonchev–Trinajstić information content (AvgIpc) is 3.32. The number of rotatable bonds is 4. The number of amides is 1. The van der Waals surface area contributed by atoms with Crippen LogP contribution in [0.15, 0.2) is 24.3 Å². The molecule has 2 fully saturated rings. The molecule has 2 aromatic rings. The highest BCUT2D eigenvalue weighted by molar-refractivity contribution is 6.05. The van der Waals surface area contributed by atoms with E-state index in [2.05, 4.69) is 5.10 Å². The Hall–Kier alpha value is -1.92. The topological polar surface area (TPSA) is 56.6 Å². The van der Waals surface area contributed by atoms with Crippen molar-refractivity contribution in [2.75, 3.05) is 33.4 Å². The highest BCUT2D eigenvalue weighted by Crippen LogP contribution is 2.39. The highest BCUT2D eigenvalue weighted by atomic mass is 16.5. The number of benzene rings is 1. The Morgan fingerprint density at radius 2 is 2.28 bits per heavy atom. The molecule has 1 spiro atoms. The van der Waals surface area contributed by atoms with Crippen LogP contribution in [0, 0.1) is 5.92 Å². The summed E-state index contributed by atoms with van der Waals surface area (Å²) in [6, 6.07) is 7.88. The number of hydrogen-bond donors (Lipinski definition) is 0. The zero-order valence-corrected chi connectivity index (χ0v) is 14.9. The summed E-state index contributed by atoms with van der Waals surface area (Å²) in [5, 5.41) is 5.39. The Labute approximate surface area is 147 Å². The lowest BCUT2D eigenvalue weighted by molar-refractivity contribution is 0.0112. The third-order valence-corrected chi connectivity index (χ3v) is 5.58. The lowest BCUT2D eigenvalue weighted by Gasteiger charge is -2.23. The largest absolute Gasteiger partial charge is 0.385 e. The van der Waals surface area contributed by atoms with Crippen LogP contribution >= 0.6 is 0 Å². The summed E-state index contributed by atoms with van der Waals surface area (Å²) in [7, 11) is 3.61. The molecular formula is C19H25N3O3. The molecule has 2 atom stereocenters. The molecular weight excluding hydrogens is 318 g/mol. The maximum absolute atomic E-state index is 13.0. The van der Waals surface area contributed by atoms with E-state index in [-0.39, 0.29) is 11.5 Å². The molecule has 0 bridgehead atoms. The quantitative estimate of drug-likeness (QED) is 0.854. The first-order chi connectivity index (χ1) is 12.1. The summed E-state index contributed by atoms with van der Waals surface area (Å²) in [5.74, 6) is 0.545.